The van der Waals surface area contributed by atoms with E-state index < -0.39 is 17.9 Å². The van der Waals surface area contributed by atoms with Gasteiger partial charge in [0.15, 0.2) is 0 Å². The van der Waals surface area contributed by atoms with Gasteiger partial charge >= 0.3 is 0 Å². The second-order valence-corrected chi connectivity index (χ2v) is 10.0. The summed E-state index contributed by atoms with van der Waals surface area (Å²) in [6, 6.07) is 15.9. The minimum Gasteiger partial charge on any atom is -0.354 e. The number of alkyl halides is 2. The van der Waals surface area contributed by atoms with Crippen molar-refractivity contribution in [2.75, 3.05) is 26.2 Å². The van der Waals surface area contributed by atoms with Gasteiger partial charge in [-0.3, -0.25) is 9.59 Å². The molecule has 0 spiro atoms. The van der Waals surface area contributed by atoms with Crippen LogP contribution in [-0.4, -0.2) is 54.9 Å². The Labute approximate surface area is 206 Å². The first kappa shape index (κ1) is 25.3. The third kappa shape index (κ3) is 5.56. The van der Waals surface area contributed by atoms with Gasteiger partial charge in [0.1, 0.15) is 5.41 Å². The van der Waals surface area contributed by atoms with E-state index in [0.717, 1.165) is 74.5 Å². The summed E-state index contributed by atoms with van der Waals surface area (Å²) in [5.74, 6) is -3.31. The molecule has 0 bridgehead atoms. The van der Waals surface area contributed by atoms with Crippen LogP contribution in [0.5, 0.6) is 0 Å². The SMILES string of the molecule is CC(=O)NC1CCN(CCCCC2(C(=O)NCC(C)(F)F)c3ccccc3-c3ccccc32)CC1. The molecule has 2 amide bonds. The zero-order valence-corrected chi connectivity index (χ0v) is 20.6. The van der Waals surface area contributed by atoms with Crippen LogP contribution in [0.2, 0.25) is 0 Å². The predicted molar refractivity (Wildman–Crippen MR) is 133 cm³/mol. The first-order valence-electron chi connectivity index (χ1n) is 12.6. The number of amides is 2. The molecule has 1 heterocycles. The fourth-order valence-electron chi connectivity index (χ4n) is 5.65. The lowest BCUT2D eigenvalue weighted by molar-refractivity contribution is -0.127. The third-order valence-electron chi connectivity index (χ3n) is 7.28. The minimum atomic E-state index is -2.97. The quantitative estimate of drug-likeness (QED) is 0.517. The van der Waals surface area contributed by atoms with E-state index >= 15 is 0 Å². The second kappa shape index (κ2) is 10.4. The van der Waals surface area contributed by atoms with Crippen LogP contribution < -0.4 is 10.6 Å². The van der Waals surface area contributed by atoms with Crippen LogP contribution in [-0.2, 0) is 15.0 Å². The van der Waals surface area contributed by atoms with Crippen molar-refractivity contribution < 1.29 is 18.4 Å². The number of carbonyl (C=O) groups excluding carboxylic acids is 2. The van der Waals surface area contributed by atoms with Crippen molar-refractivity contribution in [3.8, 4) is 11.1 Å². The Hall–Kier alpha value is -2.80. The summed E-state index contributed by atoms with van der Waals surface area (Å²) >= 11 is 0. The average molecular weight is 484 g/mol. The molecular formula is C28H35F2N3O2. The number of piperidine rings is 1. The predicted octanol–water partition coefficient (Wildman–Crippen LogP) is 4.50. The van der Waals surface area contributed by atoms with Crippen LogP contribution in [0.15, 0.2) is 48.5 Å². The molecule has 2 N–H and O–H groups in total. The molecule has 7 heteroatoms. The third-order valence-corrected chi connectivity index (χ3v) is 7.28. The lowest BCUT2D eigenvalue weighted by Gasteiger charge is -2.33. The summed E-state index contributed by atoms with van der Waals surface area (Å²) in [6.07, 6.45) is 4.15. The number of hydrogen-bond acceptors (Lipinski definition) is 3. The molecule has 0 unspecified atom stereocenters. The van der Waals surface area contributed by atoms with Crippen molar-refractivity contribution in [3.63, 3.8) is 0 Å². The van der Waals surface area contributed by atoms with E-state index in [9.17, 15) is 18.4 Å². The number of halogens is 2. The van der Waals surface area contributed by atoms with Crippen LogP contribution in [0.25, 0.3) is 11.1 Å². The molecule has 1 fully saturated rings. The van der Waals surface area contributed by atoms with Crippen LogP contribution in [0, 0.1) is 0 Å². The number of hydrogen-bond donors (Lipinski definition) is 2. The fourth-order valence-corrected chi connectivity index (χ4v) is 5.65. The molecular weight excluding hydrogens is 448 g/mol. The number of benzene rings is 2. The van der Waals surface area contributed by atoms with Gasteiger partial charge in [-0.2, -0.15) is 0 Å². The Morgan fingerprint density at radius 3 is 2.11 bits per heavy atom. The van der Waals surface area contributed by atoms with E-state index in [1.807, 2.05) is 48.5 Å². The zero-order valence-electron chi connectivity index (χ0n) is 20.6. The maximum Gasteiger partial charge on any atom is 0.262 e. The summed E-state index contributed by atoms with van der Waals surface area (Å²) in [4.78, 5) is 27.4. The number of carbonyl (C=O) groups is 2. The fraction of sp³-hybridized carbons (Fsp3) is 0.500. The molecule has 1 aliphatic carbocycles. The van der Waals surface area contributed by atoms with Crippen LogP contribution in [0.1, 0.15) is 57.1 Å². The molecule has 1 saturated heterocycles. The number of likely N-dealkylation sites (tertiary alicyclic amines) is 1. The summed E-state index contributed by atoms with van der Waals surface area (Å²) in [7, 11) is 0. The maximum atomic E-state index is 13.7. The number of fused-ring (bicyclic) bond motifs is 3. The summed E-state index contributed by atoms with van der Waals surface area (Å²) in [6.45, 7) is 4.49. The number of rotatable bonds is 9. The second-order valence-electron chi connectivity index (χ2n) is 10.0. The highest BCUT2D eigenvalue weighted by Crippen LogP contribution is 2.51. The van der Waals surface area contributed by atoms with Crippen molar-refractivity contribution in [2.24, 2.45) is 0 Å². The summed E-state index contributed by atoms with van der Waals surface area (Å²) in [5, 5.41) is 5.57. The Kier molecular flexibility index (Phi) is 7.55. The Balaban J connectivity index is 1.48. The molecule has 0 aromatic heterocycles. The lowest BCUT2D eigenvalue weighted by atomic mass is 9.73. The van der Waals surface area contributed by atoms with Crippen molar-refractivity contribution in [3.05, 3.63) is 59.7 Å². The van der Waals surface area contributed by atoms with Gasteiger partial charge in [0.25, 0.3) is 5.92 Å². The molecule has 0 saturated carbocycles. The smallest absolute Gasteiger partial charge is 0.262 e. The highest BCUT2D eigenvalue weighted by atomic mass is 19.3. The molecule has 2 aliphatic rings. The van der Waals surface area contributed by atoms with Gasteiger partial charge in [-0.25, -0.2) is 8.78 Å². The van der Waals surface area contributed by atoms with E-state index in [1.165, 1.54) is 0 Å². The highest BCUT2D eigenvalue weighted by molar-refractivity contribution is 6.00. The first-order chi connectivity index (χ1) is 16.7. The van der Waals surface area contributed by atoms with Gasteiger partial charge in [-0.05, 0) is 54.5 Å². The van der Waals surface area contributed by atoms with Gasteiger partial charge in [0.05, 0.1) is 6.54 Å². The van der Waals surface area contributed by atoms with E-state index in [1.54, 1.807) is 6.92 Å². The monoisotopic (exact) mass is 483 g/mol. The van der Waals surface area contributed by atoms with Crippen molar-refractivity contribution >= 4 is 11.8 Å². The molecule has 5 nitrogen and oxygen atoms in total. The maximum absolute atomic E-state index is 13.7. The van der Waals surface area contributed by atoms with Gasteiger partial charge in [0, 0.05) is 33.0 Å². The van der Waals surface area contributed by atoms with Gasteiger partial charge in [-0.15, -0.1) is 0 Å². The van der Waals surface area contributed by atoms with Crippen molar-refractivity contribution in [1.82, 2.24) is 15.5 Å². The van der Waals surface area contributed by atoms with Gasteiger partial charge < -0.3 is 15.5 Å². The van der Waals surface area contributed by atoms with Crippen LogP contribution >= 0.6 is 0 Å². The Bertz CT molecular complexity index is 1010. The summed E-state index contributed by atoms with van der Waals surface area (Å²) < 4.78 is 27.3. The molecule has 1 aliphatic heterocycles. The zero-order chi connectivity index (χ0) is 25.1. The number of nitrogens with zero attached hydrogens (tertiary/aromatic N) is 1. The molecule has 188 valence electrons. The van der Waals surface area contributed by atoms with E-state index in [-0.39, 0.29) is 17.9 Å². The average Bonchev–Trinajstić information content (AvgIpc) is 3.11. The van der Waals surface area contributed by atoms with Gasteiger partial charge in [-0.1, -0.05) is 55.0 Å². The topological polar surface area (TPSA) is 61.4 Å². The van der Waals surface area contributed by atoms with Crippen molar-refractivity contribution in [2.45, 2.75) is 63.3 Å². The number of unbranched alkanes of at least 4 members (excludes halogenated alkanes) is 1. The molecule has 2 aromatic rings. The van der Waals surface area contributed by atoms with Crippen LogP contribution in [0.3, 0.4) is 0 Å². The van der Waals surface area contributed by atoms with E-state index in [2.05, 4.69) is 15.5 Å². The minimum absolute atomic E-state index is 0.0185. The van der Waals surface area contributed by atoms with E-state index in [0.29, 0.717) is 6.42 Å². The van der Waals surface area contributed by atoms with Crippen molar-refractivity contribution in [1.29, 1.82) is 0 Å². The molecule has 0 radical (unpaired) electrons. The molecule has 2 aromatic carbocycles. The lowest BCUT2D eigenvalue weighted by Crippen LogP contribution is -2.47. The van der Waals surface area contributed by atoms with E-state index in [4.69, 9.17) is 0 Å². The Morgan fingerprint density at radius 2 is 1.57 bits per heavy atom. The standard InChI is InChI=1S/C28H35F2N3O2/c1-20(34)32-21-13-17-33(18-14-21)16-8-7-15-28(26(35)31-19-27(2,29)30)24-11-5-3-9-22(24)23-10-4-6-12-25(23)28/h3-6,9-12,21H,7-8,13-19H2,1-2H3,(H,31,35)(H,32,34). The largest absolute Gasteiger partial charge is 0.354 e. The molecule has 0 atom stereocenters. The summed E-state index contributed by atoms with van der Waals surface area (Å²) in [5.41, 5.74) is 2.82. The highest BCUT2D eigenvalue weighted by Gasteiger charge is 2.48. The molecule has 35 heavy (non-hydrogen) atoms. The molecule has 4 rings (SSSR count). The van der Waals surface area contributed by atoms with Crippen LogP contribution in [0.4, 0.5) is 8.78 Å². The van der Waals surface area contributed by atoms with Gasteiger partial charge in [0.2, 0.25) is 11.8 Å². The number of nitrogens with one attached hydrogen (secondary N) is 2. The Morgan fingerprint density at radius 1 is 1.00 bits per heavy atom. The normalized spacial score (nSPS) is 17.5. The first-order valence-corrected chi connectivity index (χ1v) is 12.6.